The topological polar surface area (TPSA) is 61.8 Å². The summed E-state index contributed by atoms with van der Waals surface area (Å²) in [6.45, 7) is 7.69. The molecule has 0 aromatic rings. The van der Waals surface area contributed by atoms with Crippen LogP contribution >= 0.6 is 0 Å². The first-order valence-corrected chi connectivity index (χ1v) is 29.5. The molecule has 5 nitrogen and oxygen atoms in total. The minimum Gasteiger partial charge on any atom is -0.462 e. The molecule has 0 N–H and O–H groups in total. The van der Waals surface area contributed by atoms with Crippen molar-refractivity contribution >= 4 is 11.9 Å². The van der Waals surface area contributed by atoms with Crippen molar-refractivity contribution in [3.8, 4) is 0 Å². The molecule has 394 valence electrons. The van der Waals surface area contributed by atoms with Gasteiger partial charge in [-0.2, -0.15) is 0 Å². The van der Waals surface area contributed by atoms with E-state index in [1.54, 1.807) is 0 Å². The van der Waals surface area contributed by atoms with E-state index in [9.17, 15) is 9.59 Å². The molecule has 0 saturated heterocycles. The van der Waals surface area contributed by atoms with Crippen molar-refractivity contribution in [2.24, 2.45) is 0 Å². The summed E-state index contributed by atoms with van der Waals surface area (Å²) >= 11 is 0. The van der Waals surface area contributed by atoms with Gasteiger partial charge in [0.15, 0.2) is 6.10 Å². The Labute approximate surface area is 423 Å². The lowest BCUT2D eigenvalue weighted by molar-refractivity contribution is -0.163. The summed E-state index contributed by atoms with van der Waals surface area (Å²) in [6, 6.07) is 0. The highest BCUT2D eigenvalue weighted by molar-refractivity contribution is 5.70. The van der Waals surface area contributed by atoms with E-state index < -0.39 is 6.10 Å². The van der Waals surface area contributed by atoms with Gasteiger partial charge in [-0.1, -0.05) is 267 Å². The van der Waals surface area contributed by atoms with E-state index in [0.29, 0.717) is 19.4 Å². The number of hydrogen-bond acceptors (Lipinski definition) is 5. The van der Waals surface area contributed by atoms with Crippen LogP contribution in [0.15, 0.2) is 72.9 Å². The molecule has 0 spiro atoms. The van der Waals surface area contributed by atoms with Crippen LogP contribution < -0.4 is 0 Å². The summed E-state index contributed by atoms with van der Waals surface area (Å²) in [5.41, 5.74) is 0. The van der Waals surface area contributed by atoms with Gasteiger partial charge in [0.2, 0.25) is 0 Å². The Hall–Kier alpha value is -2.66. The Bertz CT molecular complexity index is 1210. The highest BCUT2D eigenvalue weighted by Gasteiger charge is 2.17. The largest absolute Gasteiger partial charge is 0.462 e. The Morgan fingerprint density at radius 1 is 0.338 bits per heavy atom. The Balaban J connectivity index is 4.33. The highest BCUT2D eigenvalue weighted by atomic mass is 16.6. The van der Waals surface area contributed by atoms with Crippen LogP contribution in [0.2, 0.25) is 0 Å². The van der Waals surface area contributed by atoms with E-state index in [1.807, 2.05) is 0 Å². The quantitative estimate of drug-likeness (QED) is 0.0345. The van der Waals surface area contributed by atoms with Crippen LogP contribution in [0.1, 0.15) is 290 Å². The van der Waals surface area contributed by atoms with Gasteiger partial charge < -0.3 is 14.2 Å². The molecule has 0 rings (SSSR count). The zero-order valence-electron chi connectivity index (χ0n) is 45.4. The van der Waals surface area contributed by atoms with Crippen LogP contribution in [-0.4, -0.2) is 37.9 Å². The fourth-order valence-electron chi connectivity index (χ4n) is 8.37. The summed E-state index contributed by atoms with van der Waals surface area (Å²) in [6.07, 6.45) is 76.5. The van der Waals surface area contributed by atoms with Crippen LogP contribution in [0.25, 0.3) is 0 Å². The summed E-state index contributed by atoms with van der Waals surface area (Å²) in [5.74, 6) is -0.455. The zero-order valence-corrected chi connectivity index (χ0v) is 45.4. The maximum atomic E-state index is 12.9. The molecular weight excluding hydrogens is 837 g/mol. The summed E-state index contributed by atoms with van der Waals surface area (Å²) < 4.78 is 17.5. The monoisotopic (exact) mass is 949 g/mol. The van der Waals surface area contributed by atoms with E-state index in [-0.39, 0.29) is 25.2 Å². The molecule has 1 atom stereocenters. The number of allylic oxidation sites excluding steroid dienone is 12. The van der Waals surface area contributed by atoms with Gasteiger partial charge in [0.1, 0.15) is 6.61 Å². The minimum absolute atomic E-state index is 0.0562. The smallest absolute Gasteiger partial charge is 0.306 e. The fourth-order valence-corrected chi connectivity index (χ4v) is 8.37. The van der Waals surface area contributed by atoms with Crippen molar-refractivity contribution in [2.45, 2.75) is 297 Å². The maximum absolute atomic E-state index is 12.9. The van der Waals surface area contributed by atoms with E-state index >= 15 is 0 Å². The van der Waals surface area contributed by atoms with Crippen LogP contribution in [0.5, 0.6) is 0 Å². The molecule has 0 aromatic heterocycles. The molecule has 0 aliphatic rings. The van der Waals surface area contributed by atoms with Crippen molar-refractivity contribution in [3.63, 3.8) is 0 Å². The number of hydrogen-bond donors (Lipinski definition) is 0. The van der Waals surface area contributed by atoms with Gasteiger partial charge in [0, 0.05) is 19.4 Å². The van der Waals surface area contributed by atoms with Gasteiger partial charge in [-0.3, -0.25) is 9.59 Å². The average Bonchev–Trinajstić information content (AvgIpc) is 3.34. The molecule has 68 heavy (non-hydrogen) atoms. The minimum atomic E-state index is -0.561. The second-order valence-corrected chi connectivity index (χ2v) is 19.5. The molecule has 0 saturated carbocycles. The lowest BCUT2D eigenvalue weighted by Gasteiger charge is -2.18. The van der Waals surface area contributed by atoms with Crippen LogP contribution in [-0.2, 0) is 23.8 Å². The predicted molar refractivity (Wildman–Crippen MR) is 297 cm³/mol. The first kappa shape index (κ1) is 65.3. The zero-order chi connectivity index (χ0) is 49.2. The molecule has 0 fully saturated rings. The Kier molecular flexibility index (Phi) is 56.4. The Morgan fingerprint density at radius 3 is 1.12 bits per heavy atom. The SMILES string of the molecule is CC/C=C\C/C=C\C/C=C\C/C=C\C/C=C\CCCC(=O)OC[C@@H](COCCCCCCCCCCCCCCCCCC)OC(=O)CCCCCCCCCCC/C=C\CCCCCCCC. The summed E-state index contributed by atoms with van der Waals surface area (Å²) in [4.78, 5) is 25.5. The lowest BCUT2D eigenvalue weighted by atomic mass is 10.0. The summed E-state index contributed by atoms with van der Waals surface area (Å²) in [5, 5.41) is 0. The van der Waals surface area contributed by atoms with Crippen molar-refractivity contribution in [3.05, 3.63) is 72.9 Å². The van der Waals surface area contributed by atoms with E-state index in [1.165, 1.54) is 180 Å². The Morgan fingerprint density at radius 2 is 0.676 bits per heavy atom. The molecule has 0 radical (unpaired) electrons. The number of carbonyl (C=O) groups excluding carboxylic acids is 2. The van der Waals surface area contributed by atoms with Gasteiger partial charge >= 0.3 is 11.9 Å². The fraction of sp³-hybridized carbons (Fsp3) is 0.778. The molecule has 0 bridgehead atoms. The van der Waals surface area contributed by atoms with Crippen LogP contribution in [0.3, 0.4) is 0 Å². The van der Waals surface area contributed by atoms with Crippen molar-refractivity contribution in [2.75, 3.05) is 19.8 Å². The van der Waals surface area contributed by atoms with Gasteiger partial charge in [-0.05, 0) is 83.5 Å². The second kappa shape index (κ2) is 58.7. The molecule has 5 heteroatoms. The van der Waals surface area contributed by atoms with Crippen molar-refractivity contribution < 1.29 is 23.8 Å². The van der Waals surface area contributed by atoms with Crippen LogP contribution in [0, 0.1) is 0 Å². The molecule has 0 aromatic carbocycles. The standard InChI is InChI=1S/C63H112O5/c1-4-7-10-13-16-19-22-25-28-31-32-34-36-39-42-45-48-51-54-57-63(65)68-61(59-66-58-55-52-49-46-43-40-37-30-27-24-21-18-15-12-9-6-3)60-67-62(64)56-53-50-47-44-41-38-35-33-29-26-23-20-17-14-11-8-5-2/h8,11,17,20,25-26,28-29,35,38,44,47,61H,4-7,9-10,12-16,18-19,21-24,27,30-34,36-37,39-43,45-46,48-60H2,1-3H3/b11-8-,20-17-,28-25-,29-26-,38-35-,47-44-/t61-/m1/s1. The van der Waals surface area contributed by atoms with Gasteiger partial charge in [-0.15, -0.1) is 0 Å². The second-order valence-electron chi connectivity index (χ2n) is 19.5. The normalized spacial score (nSPS) is 12.7. The third-order valence-corrected chi connectivity index (χ3v) is 12.7. The van der Waals surface area contributed by atoms with Crippen molar-refractivity contribution in [1.82, 2.24) is 0 Å². The average molecular weight is 950 g/mol. The van der Waals surface area contributed by atoms with Crippen molar-refractivity contribution in [1.29, 1.82) is 0 Å². The van der Waals surface area contributed by atoms with E-state index in [4.69, 9.17) is 14.2 Å². The number of carbonyl (C=O) groups is 2. The molecule has 0 amide bonds. The predicted octanol–water partition coefficient (Wildman–Crippen LogP) is 20.2. The molecule has 0 aliphatic heterocycles. The number of rotatable bonds is 54. The number of ether oxygens (including phenoxy) is 3. The third-order valence-electron chi connectivity index (χ3n) is 12.7. The highest BCUT2D eigenvalue weighted by Crippen LogP contribution is 2.16. The maximum Gasteiger partial charge on any atom is 0.306 e. The molecule has 0 heterocycles. The van der Waals surface area contributed by atoms with Gasteiger partial charge in [-0.25, -0.2) is 0 Å². The van der Waals surface area contributed by atoms with Crippen LogP contribution in [0.4, 0.5) is 0 Å². The third kappa shape index (κ3) is 55.9. The van der Waals surface area contributed by atoms with E-state index in [2.05, 4.69) is 93.7 Å². The molecule has 0 aliphatic carbocycles. The molecular formula is C63H112O5. The lowest BCUT2D eigenvalue weighted by Crippen LogP contribution is -2.30. The van der Waals surface area contributed by atoms with Gasteiger partial charge in [0.25, 0.3) is 0 Å². The first-order valence-electron chi connectivity index (χ1n) is 29.5. The summed E-state index contributed by atoms with van der Waals surface area (Å²) in [7, 11) is 0. The molecule has 0 unspecified atom stereocenters. The first-order chi connectivity index (χ1) is 33.6. The number of unbranched alkanes of at least 4 members (excludes halogenated alkanes) is 31. The van der Waals surface area contributed by atoms with Gasteiger partial charge in [0.05, 0.1) is 6.61 Å². The number of esters is 2. The van der Waals surface area contributed by atoms with E-state index in [0.717, 1.165) is 77.0 Å².